The molecule has 0 bridgehead atoms. The fraction of sp³-hybridized carbons (Fsp3) is 0.818. The lowest BCUT2D eigenvalue weighted by molar-refractivity contribution is -0.140. The molecule has 0 aliphatic heterocycles. The maximum atomic E-state index is 11.5. The molecule has 3 N–H and O–H groups in total. The molecule has 1 aliphatic rings. The largest absolute Gasteiger partial charge is 0.480 e. The van der Waals surface area contributed by atoms with Crippen molar-refractivity contribution < 1.29 is 14.7 Å². The van der Waals surface area contributed by atoms with E-state index in [9.17, 15) is 9.59 Å². The fourth-order valence-corrected chi connectivity index (χ4v) is 1.90. The maximum Gasteiger partial charge on any atom is 0.326 e. The lowest BCUT2D eigenvalue weighted by Gasteiger charge is -2.33. The summed E-state index contributed by atoms with van der Waals surface area (Å²) in [6.45, 7) is 5.67. The van der Waals surface area contributed by atoms with Crippen molar-refractivity contribution in [1.29, 1.82) is 0 Å². The molecule has 2 amide bonds. The summed E-state index contributed by atoms with van der Waals surface area (Å²) in [5, 5.41) is 14.2. The monoisotopic (exact) mass is 228 g/mol. The number of carboxylic acid groups (broad SMARTS) is 1. The second-order valence-corrected chi connectivity index (χ2v) is 4.95. The van der Waals surface area contributed by atoms with E-state index in [-0.39, 0.29) is 18.0 Å². The molecule has 0 aromatic heterocycles. The van der Waals surface area contributed by atoms with Gasteiger partial charge >= 0.3 is 12.0 Å². The molecule has 1 rings (SSSR count). The topological polar surface area (TPSA) is 78.4 Å². The van der Waals surface area contributed by atoms with E-state index in [1.807, 2.05) is 0 Å². The third kappa shape index (κ3) is 3.40. The number of carbonyl (C=O) groups excluding carboxylic acids is 1. The Morgan fingerprint density at radius 2 is 1.88 bits per heavy atom. The standard InChI is InChI=1S/C11H20N2O3/c1-6(2)9(10(14)15)13-11(16)12-8-4-7(3)5-8/h6-9H,4-5H2,1-3H3,(H,14,15)(H2,12,13,16)/t7?,8?,9-/m0/s1. The minimum atomic E-state index is -0.993. The van der Waals surface area contributed by atoms with Crippen molar-refractivity contribution in [2.24, 2.45) is 11.8 Å². The maximum absolute atomic E-state index is 11.5. The van der Waals surface area contributed by atoms with E-state index >= 15 is 0 Å². The lowest BCUT2D eigenvalue weighted by Crippen LogP contribution is -2.53. The van der Waals surface area contributed by atoms with Crippen LogP contribution in [-0.4, -0.2) is 29.2 Å². The summed E-state index contributed by atoms with van der Waals surface area (Å²) >= 11 is 0. The van der Waals surface area contributed by atoms with Gasteiger partial charge in [0.25, 0.3) is 0 Å². The molecule has 1 saturated carbocycles. The first-order valence-corrected chi connectivity index (χ1v) is 5.70. The average Bonchev–Trinajstić information content (AvgIpc) is 2.10. The van der Waals surface area contributed by atoms with Crippen LogP contribution in [0.4, 0.5) is 4.79 Å². The molecule has 1 atom stereocenters. The molecule has 0 aromatic carbocycles. The molecule has 0 aromatic rings. The van der Waals surface area contributed by atoms with Crippen LogP contribution in [-0.2, 0) is 4.79 Å². The Kier molecular flexibility index (Phi) is 4.15. The van der Waals surface area contributed by atoms with Crippen molar-refractivity contribution in [1.82, 2.24) is 10.6 Å². The number of urea groups is 1. The highest BCUT2D eigenvalue weighted by Crippen LogP contribution is 2.25. The van der Waals surface area contributed by atoms with Gasteiger partial charge in [-0.3, -0.25) is 0 Å². The van der Waals surface area contributed by atoms with Gasteiger partial charge in [0.05, 0.1) is 0 Å². The molecule has 0 unspecified atom stereocenters. The van der Waals surface area contributed by atoms with E-state index in [0.29, 0.717) is 5.92 Å². The van der Waals surface area contributed by atoms with Crippen LogP contribution >= 0.6 is 0 Å². The number of amides is 2. The molecule has 0 radical (unpaired) electrons. The van der Waals surface area contributed by atoms with Gasteiger partial charge in [0.1, 0.15) is 6.04 Å². The van der Waals surface area contributed by atoms with Gasteiger partial charge < -0.3 is 15.7 Å². The third-order valence-corrected chi connectivity index (χ3v) is 2.93. The molecule has 92 valence electrons. The Morgan fingerprint density at radius 3 is 2.25 bits per heavy atom. The number of carboxylic acids is 1. The summed E-state index contributed by atoms with van der Waals surface area (Å²) in [7, 11) is 0. The highest BCUT2D eigenvalue weighted by atomic mass is 16.4. The van der Waals surface area contributed by atoms with Crippen molar-refractivity contribution in [2.45, 2.75) is 45.7 Å². The van der Waals surface area contributed by atoms with Crippen LogP contribution in [0.25, 0.3) is 0 Å². The second-order valence-electron chi connectivity index (χ2n) is 4.95. The van der Waals surface area contributed by atoms with Crippen molar-refractivity contribution in [3.8, 4) is 0 Å². The quantitative estimate of drug-likeness (QED) is 0.676. The van der Waals surface area contributed by atoms with E-state index < -0.39 is 12.0 Å². The molecular weight excluding hydrogens is 208 g/mol. The second kappa shape index (κ2) is 5.18. The van der Waals surface area contributed by atoms with E-state index in [4.69, 9.17) is 5.11 Å². The van der Waals surface area contributed by atoms with Crippen LogP contribution in [0.15, 0.2) is 0 Å². The van der Waals surface area contributed by atoms with Gasteiger partial charge in [-0.1, -0.05) is 20.8 Å². The third-order valence-electron chi connectivity index (χ3n) is 2.93. The van der Waals surface area contributed by atoms with Crippen LogP contribution in [0.2, 0.25) is 0 Å². The molecule has 1 fully saturated rings. The number of nitrogens with one attached hydrogen (secondary N) is 2. The van der Waals surface area contributed by atoms with Gasteiger partial charge in [0.15, 0.2) is 0 Å². The van der Waals surface area contributed by atoms with Gasteiger partial charge in [-0.25, -0.2) is 9.59 Å². The van der Waals surface area contributed by atoms with Gasteiger partial charge in [0, 0.05) is 6.04 Å². The van der Waals surface area contributed by atoms with E-state index in [0.717, 1.165) is 12.8 Å². The highest BCUT2D eigenvalue weighted by molar-refractivity contribution is 5.82. The summed E-state index contributed by atoms with van der Waals surface area (Å²) in [6, 6.07) is -0.993. The summed E-state index contributed by atoms with van der Waals surface area (Å²) < 4.78 is 0. The van der Waals surface area contributed by atoms with Crippen molar-refractivity contribution >= 4 is 12.0 Å². The predicted molar refractivity (Wildman–Crippen MR) is 60.1 cm³/mol. The minimum Gasteiger partial charge on any atom is -0.480 e. The summed E-state index contributed by atoms with van der Waals surface area (Å²) in [4.78, 5) is 22.3. The Balaban J connectivity index is 2.34. The van der Waals surface area contributed by atoms with Crippen molar-refractivity contribution in [2.75, 3.05) is 0 Å². The van der Waals surface area contributed by atoms with Crippen molar-refractivity contribution in [3.05, 3.63) is 0 Å². The SMILES string of the molecule is CC1CC(NC(=O)N[C@H](C(=O)O)C(C)C)C1. The first kappa shape index (κ1) is 12.8. The minimum absolute atomic E-state index is 0.122. The van der Waals surface area contributed by atoms with Crippen LogP contribution in [0.5, 0.6) is 0 Å². The molecular formula is C11H20N2O3. The molecule has 0 heterocycles. The Labute approximate surface area is 95.6 Å². The molecule has 1 aliphatic carbocycles. The zero-order valence-electron chi connectivity index (χ0n) is 9.99. The molecule has 0 saturated heterocycles. The average molecular weight is 228 g/mol. The van der Waals surface area contributed by atoms with Crippen LogP contribution < -0.4 is 10.6 Å². The predicted octanol–water partition coefficient (Wildman–Crippen LogP) is 1.19. The van der Waals surface area contributed by atoms with Gasteiger partial charge in [0.2, 0.25) is 0 Å². The van der Waals surface area contributed by atoms with E-state index in [2.05, 4.69) is 17.6 Å². The number of rotatable bonds is 4. The number of aliphatic carboxylic acids is 1. The van der Waals surface area contributed by atoms with E-state index in [1.165, 1.54) is 0 Å². The lowest BCUT2D eigenvalue weighted by atomic mass is 9.82. The zero-order chi connectivity index (χ0) is 12.3. The molecule has 5 heteroatoms. The van der Waals surface area contributed by atoms with Crippen LogP contribution in [0, 0.1) is 11.8 Å². The number of hydrogen-bond donors (Lipinski definition) is 3. The van der Waals surface area contributed by atoms with Crippen LogP contribution in [0.3, 0.4) is 0 Å². The van der Waals surface area contributed by atoms with Crippen molar-refractivity contribution in [3.63, 3.8) is 0 Å². The van der Waals surface area contributed by atoms with Gasteiger partial charge in [-0.05, 0) is 24.7 Å². The first-order valence-electron chi connectivity index (χ1n) is 5.70. The normalized spacial score (nSPS) is 25.8. The summed E-state index contributed by atoms with van der Waals surface area (Å²) in [5.74, 6) is -0.457. The summed E-state index contributed by atoms with van der Waals surface area (Å²) in [6.07, 6.45) is 1.96. The number of hydrogen-bond acceptors (Lipinski definition) is 2. The molecule has 0 spiro atoms. The molecule has 5 nitrogen and oxygen atoms in total. The number of carbonyl (C=O) groups is 2. The summed E-state index contributed by atoms with van der Waals surface area (Å²) in [5.41, 5.74) is 0. The zero-order valence-corrected chi connectivity index (χ0v) is 9.99. The van der Waals surface area contributed by atoms with Crippen LogP contribution in [0.1, 0.15) is 33.6 Å². The van der Waals surface area contributed by atoms with Gasteiger partial charge in [-0.15, -0.1) is 0 Å². The molecule has 16 heavy (non-hydrogen) atoms. The first-order chi connectivity index (χ1) is 7.40. The Morgan fingerprint density at radius 1 is 1.31 bits per heavy atom. The Hall–Kier alpha value is -1.26. The fourth-order valence-electron chi connectivity index (χ4n) is 1.90. The Bertz CT molecular complexity index is 272. The van der Waals surface area contributed by atoms with E-state index in [1.54, 1.807) is 13.8 Å². The smallest absolute Gasteiger partial charge is 0.326 e. The van der Waals surface area contributed by atoms with Gasteiger partial charge in [-0.2, -0.15) is 0 Å². The highest BCUT2D eigenvalue weighted by Gasteiger charge is 2.29.